The van der Waals surface area contributed by atoms with Gasteiger partial charge in [-0.1, -0.05) is 76.1 Å². The molecule has 0 aliphatic carbocycles. The molecule has 0 bridgehead atoms. The summed E-state index contributed by atoms with van der Waals surface area (Å²) >= 11 is 5.33. The summed E-state index contributed by atoms with van der Waals surface area (Å²) in [5, 5.41) is 5.93. The van der Waals surface area contributed by atoms with E-state index >= 15 is 0 Å². The zero-order chi connectivity index (χ0) is 23.2. The zero-order valence-corrected chi connectivity index (χ0v) is 21.1. The highest BCUT2D eigenvalue weighted by molar-refractivity contribution is 9.10. The Bertz CT molecular complexity index is 1220. The predicted octanol–water partition coefficient (Wildman–Crippen LogP) is 6.84. The normalized spacial score (nSPS) is 10.8. The number of hydrogen-bond donors (Lipinski definition) is 1. The number of carbonyl (C=O) groups is 1. The Kier molecular flexibility index (Phi) is 7.57. The van der Waals surface area contributed by atoms with E-state index in [0.717, 1.165) is 33.0 Å². The minimum Gasteiger partial charge on any atom is -0.352 e. The van der Waals surface area contributed by atoms with Crippen molar-refractivity contribution in [2.24, 2.45) is 0 Å². The zero-order valence-electron chi connectivity index (χ0n) is 18.7. The van der Waals surface area contributed by atoms with E-state index in [9.17, 15) is 4.79 Å². The van der Waals surface area contributed by atoms with Crippen LogP contribution in [0.25, 0.3) is 11.3 Å². The maximum atomic E-state index is 12.1. The van der Waals surface area contributed by atoms with Gasteiger partial charge in [-0.05, 0) is 43.2 Å². The first-order chi connectivity index (χ1) is 16.0. The minimum absolute atomic E-state index is 0.0446. The number of hydrogen-bond acceptors (Lipinski definition) is 4. The second-order valence-electron chi connectivity index (χ2n) is 7.89. The molecule has 0 spiro atoms. The first-order valence-electron chi connectivity index (χ1n) is 10.9. The van der Waals surface area contributed by atoms with Crippen LogP contribution in [0.1, 0.15) is 34.0 Å². The molecule has 0 fully saturated rings. The largest absolute Gasteiger partial charge is 0.352 e. The number of thiazole rings is 1. The topological polar surface area (TPSA) is 45.2 Å². The van der Waals surface area contributed by atoms with Crippen LogP contribution in [0.5, 0.6) is 0 Å². The van der Waals surface area contributed by atoms with Crippen LogP contribution in [0.15, 0.2) is 82.6 Å². The molecule has 0 atom stereocenters. The fourth-order valence-corrected chi connectivity index (χ4v) is 4.78. The van der Waals surface area contributed by atoms with E-state index < -0.39 is 0 Å². The molecule has 33 heavy (non-hydrogen) atoms. The second kappa shape index (κ2) is 10.8. The minimum atomic E-state index is -0.0446. The van der Waals surface area contributed by atoms with Gasteiger partial charge < -0.3 is 10.2 Å². The Balaban J connectivity index is 1.61. The van der Waals surface area contributed by atoms with Crippen molar-refractivity contribution in [3.05, 3.63) is 105 Å². The number of anilines is 1. The standard InChI is InChI=1S/C27H26BrN3OS/c1-3-29-26(32)22-14-10-20(11-15-22)16-31(17-23-6-4-5-7-24(23)28)27-30-25(18-33-27)21-12-8-19(2)9-13-21/h4-15,18H,3,16-17H2,1-2H3,(H,29,32). The number of benzene rings is 3. The lowest BCUT2D eigenvalue weighted by atomic mass is 10.1. The Morgan fingerprint density at radius 2 is 1.73 bits per heavy atom. The molecular weight excluding hydrogens is 494 g/mol. The molecule has 168 valence electrons. The molecule has 4 nitrogen and oxygen atoms in total. The summed E-state index contributed by atoms with van der Waals surface area (Å²) in [7, 11) is 0. The number of aromatic nitrogens is 1. The molecule has 1 aromatic heterocycles. The van der Waals surface area contributed by atoms with E-state index in [2.05, 4.69) is 80.9 Å². The molecule has 3 aromatic carbocycles. The molecule has 0 saturated carbocycles. The number of amides is 1. The molecule has 0 aliphatic heterocycles. The van der Waals surface area contributed by atoms with E-state index in [-0.39, 0.29) is 5.91 Å². The Hall–Kier alpha value is -2.96. The van der Waals surface area contributed by atoms with Gasteiger partial charge in [0.15, 0.2) is 5.13 Å². The lowest BCUT2D eigenvalue weighted by Gasteiger charge is -2.23. The van der Waals surface area contributed by atoms with Gasteiger partial charge in [0.2, 0.25) is 0 Å². The number of carbonyl (C=O) groups excluding carboxylic acids is 1. The van der Waals surface area contributed by atoms with Gasteiger partial charge in [0.1, 0.15) is 0 Å². The fraction of sp³-hybridized carbons (Fsp3) is 0.185. The van der Waals surface area contributed by atoms with Gasteiger partial charge in [-0.15, -0.1) is 11.3 Å². The summed E-state index contributed by atoms with van der Waals surface area (Å²) in [6.07, 6.45) is 0. The Labute approximate surface area is 207 Å². The van der Waals surface area contributed by atoms with Crippen LogP contribution in [0.4, 0.5) is 5.13 Å². The molecule has 0 saturated heterocycles. The number of nitrogens with one attached hydrogen (secondary N) is 1. The first kappa shape index (κ1) is 23.2. The van der Waals surface area contributed by atoms with Gasteiger partial charge in [0, 0.05) is 40.6 Å². The van der Waals surface area contributed by atoms with E-state index in [1.54, 1.807) is 11.3 Å². The van der Waals surface area contributed by atoms with Crippen molar-refractivity contribution >= 4 is 38.3 Å². The van der Waals surface area contributed by atoms with Crippen molar-refractivity contribution in [1.82, 2.24) is 10.3 Å². The third-order valence-electron chi connectivity index (χ3n) is 5.36. The van der Waals surface area contributed by atoms with Gasteiger partial charge >= 0.3 is 0 Å². The van der Waals surface area contributed by atoms with Crippen LogP contribution in [0, 0.1) is 6.92 Å². The van der Waals surface area contributed by atoms with Crippen molar-refractivity contribution in [2.75, 3.05) is 11.4 Å². The quantitative estimate of drug-likeness (QED) is 0.277. The van der Waals surface area contributed by atoms with Crippen LogP contribution in [-0.2, 0) is 13.1 Å². The molecule has 0 aliphatic rings. The summed E-state index contributed by atoms with van der Waals surface area (Å²) < 4.78 is 1.08. The average Bonchev–Trinajstić information content (AvgIpc) is 3.31. The smallest absolute Gasteiger partial charge is 0.251 e. The predicted molar refractivity (Wildman–Crippen MR) is 141 cm³/mol. The first-order valence-corrected chi connectivity index (χ1v) is 12.6. The summed E-state index contributed by atoms with van der Waals surface area (Å²) in [6, 6.07) is 24.5. The van der Waals surface area contributed by atoms with Gasteiger partial charge in [-0.3, -0.25) is 4.79 Å². The molecule has 1 heterocycles. The van der Waals surface area contributed by atoms with Crippen molar-refractivity contribution in [3.8, 4) is 11.3 Å². The van der Waals surface area contributed by atoms with Gasteiger partial charge in [0.25, 0.3) is 5.91 Å². The van der Waals surface area contributed by atoms with E-state index in [1.807, 2.05) is 37.3 Å². The maximum Gasteiger partial charge on any atom is 0.251 e. The van der Waals surface area contributed by atoms with E-state index in [4.69, 9.17) is 4.98 Å². The Morgan fingerprint density at radius 3 is 2.42 bits per heavy atom. The molecule has 1 amide bonds. The highest BCUT2D eigenvalue weighted by Crippen LogP contribution is 2.31. The molecule has 1 N–H and O–H groups in total. The van der Waals surface area contributed by atoms with Gasteiger partial charge in [-0.2, -0.15) is 0 Å². The van der Waals surface area contributed by atoms with Crippen LogP contribution in [0.3, 0.4) is 0 Å². The third-order valence-corrected chi connectivity index (χ3v) is 7.03. The lowest BCUT2D eigenvalue weighted by molar-refractivity contribution is 0.0956. The summed E-state index contributed by atoms with van der Waals surface area (Å²) in [4.78, 5) is 19.4. The van der Waals surface area contributed by atoms with Crippen molar-refractivity contribution < 1.29 is 4.79 Å². The SMILES string of the molecule is CCNC(=O)c1ccc(CN(Cc2ccccc2Br)c2nc(-c3ccc(C)cc3)cs2)cc1. The van der Waals surface area contributed by atoms with E-state index in [1.165, 1.54) is 11.1 Å². The molecular formula is C27H26BrN3OS. The van der Waals surface area contributed by atoms with Crippen LogP contribution in [-0.4, -0.2) is 17.4 Å². The van der Waals surface area contributed by atoms with E-state index in [0.29, 0.717) is 18.7 Å². The second-order valence-corrected chi connectivity index (χ2v) is 9.58. The number of halogens is 1. The fourth-order valence-electron chi connectivity index (χ4n) is 3.53. The number of rotatable bonds is 8. The summed E-state index contributed by atoms with van der Waals surface area (Å²) in [5.74, 6) is -0.0446. The highest BCUT2D eigenvalue weighted by Gasteiger charge is 2.15. The summed E-state index contributed by atoms with van der Waals surface area (Å²) in [5.41, 5.74) is 6.34. The Morgan fingerprint density at radius 1 is 1.00 bits per heavy atom. The molecule has 0 radical (unpaired) electrons. The van der Waals surface area contributed by atoms with Gasteiger partial charge in [0.05, 0.1) is 5.69 Å². The molecule has 6 heteroatoms. The molecule has 4 rings (SSSR count). The number of nitrogens with zero attached hydrogens (tertiary/aromatic N) is 2. The third kappa shape index (κ3) is 5.89. The van der Waals surface area contributed by atoms with Gasteiger partial charge in [-0.25, -0.2) is 4.98 Å². The van der Waals surface area contributed by atoms with Crippen molar-refractivity contribution in [1.29, 1.82) is 0 Å². The van der Waals surface area contributed by atoms with Crippen LogP contribution >= 0.6 is 27.3 Å². The average molecular weight is 520 g/mol. The van der Waals surface area contributed by atoms with Crippen LogP contribution < -0.4 is 10.2 Å². The maximum absolute atomic E-state index is 12.1. The monoisotopic (exact) mass is 519 g/mol. The molecule has 0 unspecified atom stereocenters. The highest BCUT2D eigenvalue weighted by atomic mass is 79.9. The summed E-state index contributed by atoms with van der Waals surface area (Å²) in [6.45, 7) is 6.05. The van der Waals surface area contributed by atoms with Crippen molar-refractivity contribution in [2.45, 2.75) is 26.9 Å². The molecule has 4 aromatic rings. The lowest BCUT2D eigenvalue weighted by Crippen LogP contribution is -2.23. The van der Waals surface area contributed by atoms with Crippen LogP contribution in [0.2, 0.25) is 0 Å². The number of aryl methyl sites for hydroxylation is 1. The van der Waals surface area contributed by atoms with Crippen molar-refractivity contribution in [3.63, 3.8) is 0 Å².